The Hall–Kier alpha value is -3.31. The summed E-state index contributed by atoms with van der Waals surface area (Å²) in [5.41, 5.74) is 14.2. The number of carbonyl (C=O) groups is 1. The van der Waals surface area contributed by atoms with Gasteiger partial charge in [-0.05, 0) is 28.8 Å². The van der Waals surface area contributed by atoms with Crippen LogP contribution in [0, 0.1) is 0 Å². The minimum atomic E-state index is -0.486. The van der Waals surface area contributed by atoms with Gasteiger partial charge in [0, 0.05) is 12.5 Å². The molecule has 0 aliphatic carbocycles. The van der Waals surface area contributed by atoms with E-state index in [1.807, 2.05) is 78.9 Å². The Morgan fingerprint density at radius 2 is 1.32 bits per heavy atom. The van der Waals surface area contributed by atoms with E-state index in [4.69, 9.17) is 20.9 Å². The molecule has 3 aromatic rings. The van der Waals surface area contributed by atoms with E-state index in [1.54, 1.807) is 0 Å². The third-order valence-corrected chi connectivity index (χ3v) is 4.29. The highest BCUT2D eigenvalue weighted by Crippen LogP contribution is 2.32. The lowest BCUT2D eigenvalue weighted by Crippen LogP contribution is -2.20. The Balaban J connectivity index is 1.78. The Labute approximate surface area is 164 Å². The number of amides is 1. The molecule has 1 atom stereocenters. The van der Waals surface area contributed by atoms with Gasteiger partial charge in [0.25, 0.3) is 0 Å². The van der Waals surface area contributed by atoms with Gasteiger partial charge in [-0.2, -0.15) is 0 Å². The Bertz CT molecular complexity index is 898. The van der Waals surface area contributed by atoms with Crippen molar-refractivity contribution in [1.82, 2.24) is 0 Å². The minimum Gasteiger partial charge on any atom is -0.485 e. The van der Waals surface area contributed by atoms with Crippen LogP contribution < -0.4 is 20.9 Å². The molecule has 3 rings (SSSR count). The van der Waals surface area contributed by atoms with Gasteiger partial charge in [-0.25, -0.2) is 0 Å². The molecule has 0 heterocycles. The molecule has 0 aliphatic rings. The summed E-state index contributed by atoms with van der Waals surface area (Å²) in [6.07, 6.45) is 0.0718. The van der Waals surface area contributed by atoms with E-state index in [0.717, 1.165) is 16.7 Å². The topological polar surface area (TPSA) is 87.6 Å². The fourth-order valence-corrected chi connectivity index (χ4v) is 2.79. The van der Waals surface area contributed by atoms with Gasteiger partial charge in [0.15, 0.2) is 11.5 Å². The number of hydrogen-bond donors (Lipinski definition) is 2. The van der Waals surface area contributed by atoms with Crippen molar-refractivity contribution in [1.29, 1.82) is 0 Å². The first kappa shape index (κ1) is 19.5. The highest BCUT2D eigenvalue weighted by Gasteiger charge is 2.14. The van der Waals surface area contributed by atoms with Crippen LogP contribution in [-0.2, 0) is 18.0 Å². The second-order valence-electron chi connectivity index (χ2n) is 6.53. The number of benzene rings is 3. The maximum Gasteiger partial charge on any atom is 0.219 e. The molecule has 0 aliphatic heterocycles. The zero-order valence-corrected chi connectivity index (χ0v) is 15.6. The second-order valence-corrected chi connectivity index (χ2v) is 6.53. The van der Waals surface area contributed by atoms with E-state index >= 15 is 0 Å². The summed E-state index contributed by atoms with van der Waals surface area (Å²) in [5.74, 6) is 0.760. The zero-order valence-electron chi connectivity index (χ0n) is 15.6. The summed E-state index contributed by atoms with van der Waals surface area (Å²) in [5, 5.41) is 0. The molecule has 0 bridgehead atoms. The van der Waals surface area contributed by atoms with Gasteiger partial charge in [-0.1, -0.05) is 66.7 Å². The molecule has 0 saturated heterocycles. The van der Waals surface area contributed by atoms with Crippen LogP contribution in [-0.4, -0.2) is 5.91 Å². The van der Waals surface area contributed by atoms with Crippen molar-refractivity contribution in [2.45, 2.75) is 25.7 Å². The molecular formula is C23H24N2O3. The molecule has 0 aromatic heterocycles. The van der Waals surface area contributed by atoms with Crippen LogP contribution in [0.15, 0.2) is 78.9 Å². The lowest BCUT2D eigenvalue weighted by molar-refractivity contribution is -0.118. The number of ether oxygens (including phenoxy) is 2. The highest BCUT2D eigenvalue weighted by molar-refractivity contribution is 5.74. The zero-order chi connectivity index (χ0) is 19.8. The SMILES string of the molecule is NC(=O)CC(N)c1ccc(OCc2ccccc2)c(OCc2ccccc2)c1. The van der Waals surface area contributed by atoms with Crippen molar-refractivity contribution in [3.05, 3.63) is 95.6 Å². The summed E-state index contributed by atoms with van der Waals surface area (Å²) in [6, 6.07) is 24.8. The number of primary amides is 1. The third-order valence-electron chi connectivity index (χ3n) is 4.29. The van der Waals surface area contributed by atoms with E-state index in [9.17, 15) is 4.79 Å². The Kier molecular flexibility index (Phi) is 6.65. The lowest BCUT2D eigenvalue weighted by Gasteiger charge is -2.17. The van der Waals surface area contributed by atoms with Gasteiger partial charge in [0.05, 0.1) is 0 Å². The van der Waals surface area contributed by atoms with Crippen LogP contribution in [0.1, 0.15) is 29.2 Å². The van der Waals surface area contributed by atoms with E-state index < -0.39 is 11.9 Å². The molecule has 28 heavy (non-hydrogen) atoms. The minimum absolute atomic E-state index is 0.0718. The molecule has 144 valence electrons. The van der Waals surface area contributed by atoms with Crippen molar-refractivity contribution in [2.75, 3.05) is 0 Å². The Morgan fingerprint density at radius 1 is 0.786 bits per heavy atom. The van der Waals surface area contributed by atoms with Crippen molar-refractivity contribution in [3.63, 3.8) is 0 Å². The summed E-state index contributed by atoms with van der Waals surface area (Å²) in [7, 11) is 0. The standard InChI is InChI=1S/C23H24N2O3/c24-20(14-23(25)26)19-11-12-21(27-15-17-7-3-1-4-8-17)22(13-19)28-16-18-9-5-2-6-10-18/h1-13,20H,14-16,24H2,(H2,25,26). The summed E-state index contributed by atoms with van der Waals surface area (Å²) >= 11 is 0. The normalized spacial score (nSPS) is 11.6. The van der Waals surface area contributed by atoms with Crippen LogP contribution in [0.2, 0.25) is 0 Å². The molecule has 1 unspecified atom stereocenters. The van der Waals surface area contributed by atoms with Gasteiger partial charge in [0.1, 0.15) is 13.2 Å². The molecule has 3 aromatic carbocycles. The van der Waals surface area contributed by atoms with Gasteiger partial charge < -0.3 is 20.9 Å². The largest absolute Gasteiger partial charge is 0.485 e. The predicted octanol–water partition coefficient (Wildman–Crippen LogP) is 3.72. The summed E-state index contributed by atoms with van der Waals surface area (Å²) < 4.78 is 12.0. The maximum atomic E-state index is 11.2. The number of rotatable bonds is 9. The Morgan fingerprint density at radius 3 is 1.86 bits per heavy atom. The molecule has 0 radical (unpaired) electrons. The molecule has 0 fully saturated rings. The average molecular weight is 376 g/mol. The van der Waals surface area contributed by atoms with Crippen molar-refractivity contribution in [3.8, 4) is 11.5 Å². The van der Waals surface area contributed by atoms with Gasteiger partial charge in [0.2, 0.25) is 5.91 Å². The van der Waals surface area contributed by atoms with Gasteiger partial charge in [-0.15, -0.1) is 0 Å². The number of nitrogens with two attached hydrogens (primary N) is 2. The van der Waals surface area contributed by atoms with Crippen molar-refractivity contribution >= 4 is 5.91 Å². The van der Waals surface area contributed by atoms with Crippen molar-refractivity contribution < 1.29 is 14.3 Å². The van der Waals surface area contributed by atoms with E-state index in [0.29, 0.717) is 24.7 Å². The van der Waals surface area contributed by atoms with Crippen LogP contribution in [0.5, 0.6) is 11.5 Å². The van der Waals surface area contributed by atoms with E-state index in [2.05, 4.69) is 0 Å². The molecular weight excluding hydrogens is 352 g/mol. The highest BCUT2D eigenvalue weighted by atomic mass is 16.5. The summed E-state index contributed by atoms with van der Waals surface area (Å²) in [4.78, 5) is 11.2. The molecule has 4 N–H and O–H groups in total. The number of carbonyl (C=O) groups excluding carboxylic acids is 1. The molecule has 0 spiro atoms. The van der Waals surface area contributed by atoms with Crippen LogP contribution >= 0.6 is 0 Å². The average Bonchev–Trinajstić information content (AvgIpc) is 2.72. The molecule has 0 saturated carbocycles. The fourth-order valence-electron chi connectivity index (χ4n) is 2.79. The van der Waals surface area contributed by atoms with Crippen LogP contribution in [0.3, 0.4) is 0 Å². The molecule has 5 heteroatoms. The monoisotopic (exact) mass is 376 g/mol. The smallest absolute Gasteiger partial charge is 0.219 e. The summed E-state index contributed by atoms with van der Waals surface area (Å²) in [6.45, 7) is 0.826. The predicted molar refractivity (Wildman–Crippen MR) is 109 cm³/mol. The maximum absolute atomic E-state index is 11.2. The molecule has 1 amide bonds. The quantitative estimate of drug-likeness (QED) is 0.596. The number of hydrogen-bond acceptors (Lipinski definition) is 4. The second kappa shape index (κ2) is 9.58. The van der Waals surface area contributed by atoms with Crippen LogP contribution in [0.4, 0.5) is 0 Å². The van der Waals surface area contributed by atoms with Gasteiger partial charge >= 0.3 is 0 Å². The van der Waals surface area contributed by atoms with E-state index in [1.165, 1.54) is 0 Å². The first-order chi connectivity index (χ1) is 13.6. The first-order valence-electron chi connectivity index (χ1n) is 9.13. The molecule has 5 nitrogen and oxygen atoms in total. The third kappa shape index (κ3) is 5.59. The van der Waals surface area contributed by atoms with E-state index in [-0.39, 0.29) is 6.42 Å². The van der Waals surface area contributed by atoms with Gasteiger partial charge in [-0.3, -0.25) is 4.79 Å². The first-order valence-corrected chi connectivity index (χ1v) is 9.13. The fraction of sp³-hybridized carbons (Fsp3) is 0.174. The lowest BCUT2D eigenvalue weighted by atomic mass is 10.0. The van der Waals surface area contributed by atoms with Crippen molar-refractivity contribution in [2.24, 2.45) is 11.5 Å². The van der Waals surface area contributed by atoms with Crippen LogP contribution in [0.25, 0.3) is 0 Å².